The molecule has 0 saturated heterocycles. The Bertz CT molecular complexity index is 1520. The molecule has 0 aliphatic carbocycles. The van der Waals surface area contributed by atoms with E-state index < -0.39 is 17.4 Å². The first-order chi connectivity index (χ1) is 16.6. The highest BCUT2D eigenvalue weighted by molar-refractivity contribution is 5.95. The van der Waals surface area contributed by atoms with E-state index in [4.69, 9.17) is 10.5 Å². The molecule has 0 amide bonds. The van der Waals surface area contributed by atoms with Crippen LogP contribution in [-0.2, 0) is 11.3 Å². The van der Waals surface area contributed by atoms with Crippen LogP contribution in [-0.4, -0.2) is 38.9 Å². The van der Waals surface area contributed by atoms with E-state index >= 15 is 4.39 Å². The Labute approximate surface area is 197 Å². The lowest BCUT2D eigenvalue weighted by atomic mass is 9.92. The van der Waals surface area contributed by atoms with Crippen molar-refractivity contribution in [3.8, 4) is 11.8 Å². The van der Waals surface area contributed by atoms with E-state index in [0.717, 1.165) is 13.8 Å². The third kappa shape index (κ3) is 3.80. The molecule has 2 aromatic heterocycles. The molecule has 0 radical (unpaired) electrons. The van der Waals surface area contributed by atoms with Crippen LogP contribution in [0, 0.1) is 23.1 Å². The van der Waals surface area contributed by atoms with Gasteiger partial charge >= 0.3 is 6.18 Å². The number of fused-ring (bicyclic) bond motifs is 4. The second kappa shape index (κ2) is 8.09. The Hall–Kier alpha value is -3.91. The van der Waals surface area contributed by atoms with E-state index in [1.54, 1.807) is 35.2 Å². The van der Waals surface area contributed by atoms with Crippen molar-refractivity contribution < 1.29 is 22.3 Å². The minimum Gasteiger partial charge on any atom is -0.375 e. The fourth-order valence-corrected chi connectivity index (χ4v) is 3.92. The number of anilines is 3. The van der Waals surface area contributed by atoms with Crippen molar-refractivity contribution in [2.75, 3.05) is 23.8 Å². The average Bonchev–Trinajstić information content (AvgIpc) is 3.04. The maximum absolute atomic E-state index is 15.2. The maximum Gasteiger partial charge on any atom is 0.404 e. The molecule has 35 heavy (non-hydrogen) atoms. The Kier molecular flexibility index (Phi) is 5.29. The maximum atomic E-state index is 15.2. The fourth-order valence-electron chi connectivity index (χ4n) is 3.92. The monoisotopic (exact) mass is 484 g/mol. The highest BCUT2D eigenvalue weighted by Gasteiger charge is 2.46. The number of halogens is 4. The summed E-state index contributed by atoms with van der Waals surface area (Å²) in [6, 6.07) is 9.66. The molecule has 0 bridgehead atoms. The van der Waals surface area contributed by atoms with E-state index in [1.165, 1.54) is 10.5 Å². The second-order valence-electron chi connectivity index (χ2n) is 8.64. The summed E-state index contributed by atoms with van der Waals surface area (Å²) >= 11 is 0. The number of aromatic nitrogens is 4. The summed E-state index contributed by atoms with van der Waals surface area (Å²) in [6.45, 7) is 2.77. The van der Waals surface area contributed by atoms with Crippen LogP contribution in [0.3, 0.4) is 0 Å². The van der Waals surface area contributed by atoms with Gasteiger partial charge in [0.25, 0.3) is 5.78 Å². The molecule has 1 aliphatic heterocycles. The molecule has 0 saturated carbocycles. The summed E-state index contributed by atoms with van der Waals surface area (Å²) in [5.74, 6) is 5.04. The van der Waals surface area contributed by atoms with Crippen molar-refractivity contribution in [3.63, 3.8) is 0 Å². The lowest BCUT2D eigenvalue weighted by Gasteiger charge is -2.25. The SMILES string of the molecule is CC(C)(C#Cc1cccc2c1COCCN2c1nc2nnc(N)n2c2cccc(F)c12)C(F)(F)F. The van der Waals surface area contributed by atoms with Crippen LogP contribution < -0.4 is 10.6 Å². The van der Waals surface area contributed by atoms with Crippen molar-refractivity contribution in [2.24, 2.45) is 5.41 Å². The van der Waals surface area contributed by atoms with Gasteiger partial charge in [0.2, 0.25) is 5.95 Å². The molecule has 2 N–H and O–H groups in total. The van der Waals surface area contributed by atoms with Crippen LogP contribution in [0.15, 0.2) is 36.4 Å². The number of alkyl halides is 3. The largest absolute Gasteiger partial charge is 0.404 e. The fraction of sp³-hybridized carbons (Fsp3) is 0.292. The molecule has 0 atom stereocenters. The number of hydrogen-bond donors (Lipinski definition) is 1. The van der Waals surface area contributed by atoms with E-state index in [1.807, 2.05) is 0 Å². The minimum absolute atomic E-state index is 0.0686. The normalized spacial score (nSPS) is 14.5. The molecule has 1 aliphatic rings. The third-order valence-electron chi connectivity index (χ3n) is 5.95. The van der Waals surface area contributed by atoms with Crippen LogP contribution >= 0.6 is 0 Å². The Morgan fingerprint density at radius 3 is 2.63 bits per heavy atom. The Balaban J connectivity index is 1.72. The molecule has 7 nitrogen and oxygen atoms in total. The topological polar surface area (TPSA) is 81.6 Å². The summed E-state index contributed by atoms with van der Waals surface area (Å²) < 4.78 is 62.4. The van der Waals surface area contributed by atoms with Gasteiger partial charge in [-0.3, -0.25) is 0 Å². The number of nitrogen functional groups attached to an aromatic ring is 1. The molecule has 5 rings (SSSR count). The van der Waals surface area contributed by atoms with Crippen molar-refractivity contribution in [1.82, 2.24) is 19.6 Å². The summed E-state index contributed by atoms with van der Waals surface area (Å²) in [7, 11) is 0. The number of hydrogen-bond acceptors (Lipinski definition) is 6. The predicted molar refractivity (Wildman–Crippen MR) is 122 cm³/mol. The summed E-state index contributed by atoms with van der Waals surface area (Å²) in [5.41, 5.74) is 5.76. The standard InChI is InChI=1S/C24H20F4N6O/c1-23(2,24(26,27)28)10-9-14-5-3-7-17-15(14)13-35-12-11-33(17)20-19-16(25)6-4-8-18(19)34-21(29)31-32-22(34)30-20/h3-8H,11-13H2,1-2H3,(H2,29,31). The van der Waals surface area contributed by atoms with Crippen LogP contribution in [0.1, 0.15) is 25.0 Å². The Morgan fingerprint density at radius 2 is 1.86 bits per heavy atom. The van der Waals surface area contributed by atoms with E-state index in [0.29, 0.717) is 28.9 Å². The summed E-state index contributed by atoms with van der Waals surface area (Å²) in [6.07, 6.45) is -4.48. The zero-order valence-electron chi connectivity index (χ0n) is 18.8. The van der Waals surface area contributed by atoms with Crippen LogP contribution in [0.25, 0.3) is 16.7 Å². The van der Waals surface area contributed by atoms with Crippen molar-refractivity contribution in [3.05, 3.63) is 53.3 Å². The van der Waals surface area contributed by atoms with Crippen molar-refractivity contribution in [2.45, 2.75) is 26.6 Å². The van der Waals surface area contributed by atoms with Gasteiger partial charge in [0.15, 0.2) is 0 Å². The molecule has 0 spiro atoms. The molecule has 0 fully saturated rings. The summed E-state index contributed by atoms with van der Waals surface area (Å²) in [5, 5.41) is 8.06. The first-order valence-corrected chi connectivity index (χ1v) is 10.7. The van der Waals surface area contributed by atoms with Crippen LogP contribution in [0.4, 0.5) is 35.0 Å². The minimum atomic E-state index is -4.48. The average molecular weight is 484 g/mol. The van der Waals surface area contributed by atoms with Gasteiger partial charge in [0.1, 0.15) is 17.1 Å². The molecule has 180 valence electrons. The zero-order valence-corrected chi connectivity index (χ0v) is 18.8. The van der Waals surface area contributed by atoms with Crippen molar-refractivity contribution in [1.29, 1.82) is 0 Å². The highest BCUT2D eigenvalue weighted by Crippen LogP contribution is 2.39. The van der Waals surface area contributed by atoms with Crippen molar-refractivity contribution >= 4 is 34.1 Å². The number of nitrogens with two attached hydrogens (primary N) is 1. The van der Waals surface area contributed by atoms with Gasteiger partial charge in [-0.25, -0.2) is 8.79 Å². The summed E-state index contributed by atoms with van der Waals surface area (Å²) in [4.78, 5) is 6.31. The smallest absolute Gasteiger partial charge is 0.375 e. The number of rotatable bonds is 1. The second-order valence-corrected chi connectivity index (χ2v) is 8.64. The molecule has 3 heterocycles. The number of benzene rings is 2. The highest BCUT2D eigenvalue weighted by atomic mass is 19.4. The number of ether oxygens (including phenoxy) is 1. The lowest BCUT2D eigenvalue weighted by molar-refractivity contribution is -0.190. The van der Waals surface area contributed by atoms with Gasteiger partial charge in [-0.05, 0) is 38.1 Å². The van der Waals surface area contributed by atoms with Crippen LogP contribution in [0.2, 0.25) is 0 Å². The third-order valence-corrected chi connectivity index (χ3v) is 5.95. The number of nitrogens with zero attached hydrogens (tertiary/aromatic N) is 5. The zero-order chi connectivity index (χ0) is 25.0. The quantitative estimate of drug-likeness (QED) is 0.314. The van der Waals surface area contributed by atoms with Gasteiger partial charge in [-0.2, -0.15) is 18.2 Å². The molecule has 0 unspecified atom stereocenters. The van der Waals surface area contributed by atoms with E-state index in [-0.39, 0.29) is 36.1 Å². The van der Waals surface area contributed by atoms with Gasteiger partial charge in [-0.1, -0.05) is 24.0 Å². The molecular formula is C24H20F4N6O. The first kappa shape index (κ1) is 22.9. The van der Waals surface area contributed by atoms with Gasteiger partial charge in [-0.15, -0.1) is 10.2 Å². The van der Waals surface area contributed by atoms with Gasteiger partial charge < -0.3 is 15.4 Å². The van der Waals surface area contributed by atoms with Crippen LogP contribution in [0.5, 0.6) is 0 Å². The molecule has 11 heteroatoms. The van der Waals surface area contributed by atoms with E-state index in [9.17, 15) is 13.2 Å². The first-order valence-electron chi connectivity index (χ1n) is 10.7. The molecular weight excluding hydrogens is 464 g/mol. The predicted octanol–water partition coefficient (Wildman–Crippen LogP) is 4.61. The Morgan fingerprint density at radius 1 is 1.09 bits per heavy atom. The van der Waals surface area contributed by atoms with Gasteiger partial charge in [0.05, 0.1) is 24.1 Å². The molecule has 4 aromatic rings. The van der Waals surface area contributed by atoms with Gasteiger partial charge in [0, 0.05) is 23.4 Å². The molecule has 2 aromatic carbocycles. The van der Waals surface area contributed by atoms with E-state index in [2.05, 4.69) is 27.0 Å². The lowest BCUT2D eigenvalue weighted by Crippen LogP contribution is -2.30.